The van der Waals surface area contributed by atoms with Gasteiger partial charge in [0, 0.05) is 62.1 Å². The molecule has 0 saturated carbocycles. The molecule has 0 unspecified atom stereocenters. The highest BCUT2D eigenvalue weighted by Gasteiger charge is 2.34. The Labute approximate surface area is 216 Å². The third kappa shape index (κ3) is 5.71. The summed E-state index contributed by atoms with van der Waals surface area (Å²) < 4.78 is 52.9. The molecule has 1 fully saturated rings. The van der Waals surface area contributed by atoms with Crippen molar-refractivity contribution in [3.63, 3.8) is 0 Å². The van der Waals surface area contributed by atoms with Gasteiger partial charge >= 0.3 is 6.18 Å². The molecule has 0 bridgehead atoms. The van der Waals surface area contributed by atoms with E-state index < -0.39 is 17.6 Å². The molecule has 2 aromatic carbocycles. The molecule has 1 aliphatic heterocycles. The van der Waals surface area contributed by atoms with Crippen molar-refractivity contribution in [1.82, 2.24) is 19.8 Å². The highest BCUT2D eigenvalue weighted by atomic mass is 19.4. The molecule has 5 rings (SSSR count). The van der Waals surface area contributed by atoms with E-state index >= 15 is 0 Å². The van der Waals surface area contributed by atoms with Crippen LogP contribution in [0.15, 0.2) is 59.3 Å². The number of carbonyl (C=O) groups is 1. The zero-order chi connectivity index (χ0) is 26.9. The summed E-state index contributed by atoms with van der Waals surface area (Å²) in [6.45, 7) is 3.18. The fourth-order valence-corrected chi connectivity index (χ4v) is 4.28. The Kier molecular flexibility index (Phi) is 6.91. The number of amides is 1. The second-order valence-corrected chi connectivity index (χ2v) is 9.07. The zero-order valence-corrected chi connectivity index (χ0v) is 20.5. The number of nitrogens with zero attached hydrogens (tertiary/aromatic N) is 4. The Bertz CT molecular complexity index is 1460. The number of halogens is 3. The maximum atomic E-state index is 13.9. The Morgan fingerprint density at radius 3 is 2.66 bits per heavy atom. The monoisotopic (exact) mass is 526 g/mol. The Balaban J connectivity index is 1.33. The van der Waals surface area contributed by atoms with Crippen molar-refractivity contribution in [2.75, 3.05) is 44.3 Å². The van der Waals surface area contributed by atoms with Gasteiger partial charge in [0.1, 0.15) is 17.6 Å². The lowest BCUT2D eigenvalue weighted by Gasteiger charge is -2.33. The summed E-state index contributed by atoms with van der Waals surface area (Å²) in [6, 6.07) is 10.2. The van der Waals surface area contributed by atoms with Gasteiger partial charge in [-0.05, 0) is 36.9 Å². The van der Waals surface area contributed by atoms with Crippen molar-refractivity contribution >= 4 is 28.5 Å². The van der Waals surface area contributed by atoms with Gasteiger partial charge in [0.15, 0.2) is 0 Å². The molecule has 9 nitrogen and oxygen atoms in total. The van der Waals surface area contributed by atoms with Gasteiger partial charge in [-0.3, -0.25) is 9.69 Å². The van der Waals surface area contributed by atoms with Crippen molar-refractivity contribution < 1.29 is 27.1 Å². The molecule has 1 aliphatic rings. The van der Waals surface area contributed by atoms with Crippen LogP contribution >= 0.6 is 0 Å². The molecule has 0 spiro atoms. The molecule has 12 heteroatoms. The van der Waals surface area contributed by atoms with Crippen molar-refractivity contribution in [2.24, 2.45) is 0 Å². The van der Waals surface area contributed by atoms with E-state index in [2.05, 4.69) is 20.2 Å². The van der Waals surface area contributed by atoms with Crippen LogP contribution in [-0.2, 0) is 12.7 Å². The minimum absolute atomic E-state index is 0.0418. The number of benzene rings is 2. The molecule has 2 aromatic heterocycles. The van der Waals surface area contributed by atoms with E-state index in [1.165, 1.54) is 30.7 Å². The number of carbonyl (C=O) groups excluding carboxylic acids is 1. The number of nitrogens with one attached hydrogen (secondary N) is 1. The summed E-state index contributed by atoms with van der Waals surface area (Å²) in [6.07, 6.45) is -1.86. The van der Waals surface area contributed by atoms with Crippen molar-refractivity contribution in [2.45, 2.75) is 12.7 Å². The first-order valence-electron chi connectivity index (χ1n) is 11.9. The summed E-state index contributed by atoms with van der Waals surface area (Å²) in [4.78, 5) is 24.9. The van der Waals surface area contributed by atoms with E-state index in [0.717, 1.165) is 19.2 Å². The Morgan fingerprint density at radius 2 is 1.92 bits per heavy atom. The van der Waals surface area contributed by atoms with E-state index in [1.54, 1.807) is 18.2 Å². The summed E-state index contributed by atoms with van der Waals surface area (Å²) in [5, 5.41) is 3.04. The van der Waals surface area contributed by atoms with Gasteiger partial charge in [0.05, 0.1) is 11.1 Å². The number of rotatable bonds is 6. The Morgan fingerprint density at radius 1 is 1.13 bits per heavy atom. The molecule has 1 saturated heterocycles. The number of fused-ring (bicyclic) bond motifs is 1. The molecular formula is C26H25F3N6O3. The first kappa shape index (κ1) is 25.5. The number of piperazine rings is 1. The minimum atomic E-state index is -4.56. The van der Waals surface area contributed by atoms with Crippen molar-refractivity contribution in [1.29, 1.82) is 0 Å². The quantitative estimate of drug-likeness (QED) is 0.375. The lowest BCUT2D eigenvalue weighted by molar-refractivity contribution is -0.138. The van der Waals surface area contributed by atoms with Gasteiger partial charge in [-0.15, -0.1) is 0 Å². The largest absolute Gasteiger partial charge is 0.463 e. The van der Waals surface area contributed by atoms with E-state index in [-0.39, 0.29) is 35.2 Å². The average molecular weight is 527 g/mol. The summed E-state index contributed by atoms with van der Waals surface area (Å²) >= 11 is 0. The normalized spacial score (nSPS) is 15.1. The lowest BCUT2D eigenvalue weighted by Crippen LogP contribution is -2.44. The zero-order valence-electron chi connectivity index (χ0n) is 20.5. The number of likely N-dealkylation sites (N-methyl/N-ethyl adjacent to an activating group) is 1. The van der Waals surface area contributed by atoms with E-state index in [9.17, 15) is 18.0 Å². The maximum absolute atomic E-state index is 13.9. The van der Waals surface area contributed by atoms with Crippen LogP contribution in [0.4, 0.5) is 24.8 Å². The number of ether oxygens (including phenoxy) is 1. The summed E-state index contributed by atoms with van der Waals surface area (Å²) in [7, 11) is 1.99. The van der Waals surface area contributed by atoms with Crippen LogP contribution in [0.25, 0.3) is 11.0 Å². The molecule has 0 radical (unpaired) electrons. The maximum Gasteiger partial charge on any atom is 0.416 e. The number of furan rings is 1. The van der Waals surface area contributed by atoms with Crippen LogP contribution in [0.5, 0.6) is 11.6 Å². The predicted molar refractivity (Wildman–Crippen MR) is 135 cm³/mol. The molecule has 3 N–H and O–H groups in total. The second-order valence-electron chi connectivity index (χ2n) is 9.07. The van der Waals surface area contributed by atoms with Gasteiger partial charge in [-0.25, -0.2) is 4.98 Å². The van der Waals surface area contributed by atoms with Gasteiger partial charge in [0.2, 0.25) is 11.8 Å². The number of hydrogen-bond acceptors (Lipinski definition) is 8. The smallest absolute Gasteiger partial charge is 0.416 e. The SMILES string of the molecule is CN1CCN(Cc2ccc(NC(=O)c3coc4cc(Oc5ccnc(N)n5)ccc34)cc2C(F)(F)F)CC1. The highest BCUT2D eigenvalue weighted by molar-refractivity contribution is 6.12. The molecular weight excluding hydrogens is 501 g/mol. The predicted octanol–water partition coefficient (Wildman–Crippen LogP) is 4.62. The number of nitrogen functional groups attached to an aromatic ring is 1. The molecule has 38 heavy (non-hydrogen) atoms. The number of anilines is 2. The van der Waals surface area contributed by atoms with Gasteiger partial charge < -0.3 is 25.1 Å². The molecule has 3 heterocycles. The third-order valence-corrected chi connectivity index (χ3v) is 6.33. The Hall–Kier alpha value is -4.16. The fourth-order valence-electron chi connectivity index (χ4n) is 4.28. The van der Waals surface area contributed by atoms with Crippen LogP contribution in [0, 0.1) is 0 Å². The molecule has 4 aromatic rings. The first-order valence-corrected chi connectivity index (χ1v) is 11.9. The van der Waals surface area contributed by atoms with E-state index in [4.69, 9.17) is 14.9 Å². The minimum Gasteiger partial charge on any atom is -0.463 e. The summed E-state index contributed by atoms with van der Waals surface area (Å²) in [5.74, 6) is 0.0862. The van der Waals surface area contributed by atoms with Crippen LogP contribution < -0.4 is 15.8 Å². The number of hydrogen-bond donors (Lipinski definition) is 2. The van der Waals surface area contributed by atoms with Gasteiger partial charge in [0.25, 0.3) is 5.91 Å². The van der Waals surface area contributed by atoms with Crippen LogP contribution in [0.3, 0.4) is 0 Å². The molecule has 1 amide bonds. The average Bonchev–Trinajstić information content (AvgIpc) is 3.29. The van der Waals surface area contributed by atoms with E-state index in [0.29, 0.717) is 29.8 Å². The molecule has 198 valence electrons. The highest BCUT2D eigenvalue weighted by Crippen LogP contribution is 2.35. The summed E-state index contributed by atoms with van der Waals surface area (Å²) in [5.41, 5.74) is 5.54. The standard InChI is InChI=1S/C26H25F3N6O3/c1-34-8-10-35(11-9-34)14-16-2-3-17(12-21(16)26(27,28)29)32-24(36)20-15-37-22-13-18(4-5-19(20)22)38-23-6-7-31-25(30)33-23/h2-7,12-13,15H,8-11,14H2,1H3,(H,32,36)(H2,30,31,33). The van der Waals surface area contributed by atoms with Crippen LogP contribution in [0.2, 0.25) is 0 Å². The van der Waals surface area contributed by atoms with Gasteiger partial charge in [-0.2, -0.15) is 18.2 Å². The van der Waals surface area contributed by atoms with Crippen molar-refractivity contribution in [3.05, 3.63) is 71.6 Å². The fraction of sp³-hybridized carbons (Fsp3) is 0.269. The molecule has 0 aliphatic carbocycles. The lowest BCUT2D eigenvalue weighted by atomic mass is 10.0. The second kappa shape index (κ2) is 10.3. The molecule has 0 atom stereocenters. The number of nitrogens with two attached hydrogens (primary N) is 1. The van der Waals surface area contributed by atoms with Crippen LogP contribution in [0.1, 0.15) is 21.5 Å². The van der Waals surface area contributed by atoms with Gasteiger partial charge in [-0.1, -0.05) is 6.07 Å². The van der Waals surface area contributed by atoms with E-state index in [1.807, 2.05) is 11.9 Å². The number of aromatic nitrogens is 2. The third-order valence-electron chi connectivity index (χ3n) is 6.33. The first-order chi connectivity index (χ1) is 18.2. The topological polar surface area (TPSA) is 110 Å². The van der Waals surface area contributed by atoms with Crippen LogP contribution in [-0.4, -0.2) is 58.9 Å². The number of alkyl halides is 3. The van der Waals surface area contributed by atoms with Crippen molar-refractivity contribution in [3.8, 4) is 11.6 Å².